The number of rotatable bonds is 2. The summed E-state index contributed by atoms with van der Waals surface area (Å²) in [5, 5.41) is -0.518. The van der Waals surface area contributed by atoms with Crippen molar-refractivity contribution in [3.63, 3.8) is 0 Å². The minimum absolute atomic E-state index is 0.0258. The molecule has 1 saturated carbocycles. The van der Waals surface area contributed by atoms with E-state index in [2.05, 4.69) is 51.9 Å². The first-order valence-corrected chi connectivity index (χ1v) is 10.9. The van der Waals surface area contributed by atoms with Crippen molar-refractivity contribution in [3.8, 4) is 11.1 Å². The van der Waals surface area contributed by atoms with Crippen molar-refractivity contribution in [1.29, 1.82) is 0 Å². The van der Waals surface area contributed by atoms with Gasteiger partial charge >= 0.3 is 0 Å². The second-order valence-corrected chi connectivity index (χ2v) is 9.84. The summed E-state index contributed by atoms with van der Waals surface area (Å²) in [6, 6.07) is 11.2. The van der Waals surface area contributed by atoms with Crippen molar-refractivity contribution in [3.05, 3.63) is 53.9 Å². The van der Waals surface area contributed by atoms with Gasteiger partial charge in [-0.2, -0.15) is 0 Å². The molecule has 5 rings (SSSR count). The normalized spacial score (nSPS) is 34.0. The largest absolute Gasteiger partial charge is 0.475 e. The Hall–Kier alpha value is -2.27. The van der Waals surface area contributed by atoms with Gasteiger partial charge in [0.05, 0.1) is 11.5 Å². The lowest BCUT2D eigenvalue weighted by atomic mass is 9.44. The molecular weight excluding hydrogens is 372 g/mol. The number of amidine groups is 1. The van der Waals surface area contributed by atoms with E-state index in [0.717, 1.165) is 36.8 Å². The van der Waals surface area contributed by atoms with E-state index in [1.807, 2.05) is 25.6 Å². The van der Waals surface area contributed by atoms with Crippen LogP contribution in [0, 0.1) is 11.3 Å². The highest BCUT2D eigenvalue weighted by atomic mass is 16.5. The lowest BCUT2D eigenvalue weighted by Gasteiger charge is -2.53. The predicted octanol–water partition coefficient (Wildman–Crippen LogP) is 1.59. The summed E-state index contributed by atoms with van der Waals surface area (Å²) < 4.78 is 12.0. The molecule has 4 atom stereocenters. The highest BCUT2D eigenvalue weighted by Crippen LogP contribution is 2.65. The van der Waals surface area contributed by atoms with Gasteiger partial charge in [-0.3, -0.25) is 4.98 Å². The quantitative estimate of drug-likeness (QED) is 0.777. The highest BCUT2D eigenvalue weighted by molar-refractivity contribution is 6.41. The summed E-state index contributed by atoms with van der Waals surface area (Å²) in [6.45, 7) is 2.31. The van der Waals surface area contributed by atoms with E-state index >= 15 is 0 Å². The van der Waals surface area contributed by atoms with Crippen molar-refractivity contribution in [2.45, 2.75) is 49.6 Å². The Morgan fingerprint density at radius 2 is 2.07 bits per heavy atom. The number of aliphatic imine (C=N–C) groups is 1. The first kappa shape index (κ1) is 19.7. The average Bonchev–Trinajstić information content (AvgIpc) is 3.13. The maximum Gasteiger partial charge on any atom is 0.282 e. The van der Waals surface area contributed by atoms with Crippen molar-refractivity contribution in [2.75, 3.05) is 7.11 Å². The van der Waals surface area contributed by atoms with E-state index in [0.29, 0.717) is 18.0 Å². The number of nitrogens with two attached hydrogens (primary N) is 1. The summed E-state index contributed by atoms with van der Waals surface area (Å²) in [7, 11) is 6.13. The first-order chi connectivity index (χ1) is 14.3. The maximum absolute atomic E-state index is 6.24. The van der Waals surface area contributed by atoms with Crippen LogP contribution in [0.3, 0.4) is 0 Å². The summed E-state index contributed by atoms with van der Waals surface area (Å²) >= 11 is 0. The summed E-state index contributed by atoms with van der Waals surface area (Å²) in [6.07, 6.45) is 8.16. The molecule has 1 fully saturated rings. The van der Waals surface area contributed by atoms with Crippen molar-refractivity contribution < 1.29 is 9.47 Å². The van der Waals surface area contributed by atoms with E-state index in [-0.39, 0.29) is 5.41 Å². The number of hydrogen-bond donors (Lipinski definition) is 1. The number of ether oxygens (including phenoxy) is 2. The van der Waals surface area contributed by atoms with E-state index in [9.17, 15) is 0 Å². The van der Waals surface area contributed by atoms with Crippen LogP contribution in [-0.2, 0) is 21.4 Å². The van der Waals surface area contributed by atoms with Crippen molar-refractivity contribution in [2.24, 2.45) is 22.1 Å². The minimum Gasteiger partial charge on any atom is -0.475 e. The van der Waals surface area contributed by atoms with Gasteiger partial charge in [0.2, 0.25) is 0 Å². The summed E-state index contributed by atoms with van der Waals surface area (Å²) in [5.74, 6) is 0.459. The number of pyridine rings is 1. The molecule has 7 heteroatoms. The van der Waals surface area contributed by atoms with E-state index in [1.54, 1.807) is 0 Å². The molecule has 30 heavy (non-hydrogen) atoms. The van der Waals surface area contributed by atoms with Gasteiger partial charge in [-0.25, -0.2) is 4.99 Å². The molecular formula is C23H29B2N3O2. The molecule has 154 valence electrons. The van der Waals surface area contributed by atoms with Gasteiger partial charge in [-0.05, 0) is 66.0 Å². The third kappa shape index (κ3) is 2.54. The molecule has 1 aliphatic heterocycles. The Morgan fingerprint density at radius 3 is 2.70 bits per heavy atom. The second kappa shape index (κ2) is 6.61. The smallest absolute Gasteiger partial charge is 0.282 e. The van der Waals surface area contributed by atoms with Gasteiger partial charge in [0.15, 0.2) is 15.7 Å². The Balaban J connectivity index is 1.70. The Labute approximate surface area is 180 Å². The lowest BCUT2D eigenvalue weighted by Crippen LogP contribution is -2.60. The Kier molecular flexibility index (Phi) is 4.34. The maximum atomic E-state index is 6.24. The van der Waals surface area contributed by atoms with Gasteiger partial charge < -0.3 is 15.2 Å². The van der Waals surface area contributed by atoms with Gasteiger partial charge in [-0.1, -0.05) is 25.1 Å². The number of fused-ring (bicyclic) bond motifs is 3. The van der Waals surface area contributed by atoms with Crippen LogP contribution in [-0.4, -0.2) is 45.3 Å². The molecule has 0 amide bonds. The standard InChI is InChI=1S/C23H29B2N3O2/c1-14-11-21(8-7-19(14)29-2)12-16-6-5-15(17-4-3-9-27-13-17)10-18(16)22(21)23(24,25)30-20(26)28-22/h3-6,9-10,13-14,19H,7-8,11-12,24-25H2,1-2H3,(H2,26,28)/t14-,19-,21-,22+/m1/s1. The molecule has 2 spiro atoms. The van der Waals surface area contributed by atoms with Gasteiger partial charge in [0.1, 0.15) is 5.54 Å². The van der Waals surface area contributed by atoms with Gasteiger partial charge in [-0.15, -0.1) is 0 Å². The van der Waals surface area contributed by atoms with Crippen LogP contribution in [0.15, 0.2) is 47.7 Å². The monoisotopic (exact) mass is 401 g/mol. The van der Waals surface area contributed by atoms with Crippen molar-refractivity contribution in [1.82, 2.24) is 4.98 Å². The fraction of sp³-hybridized carbons (Fsp3) is 0.478. The third-order valence-corrected chi connectivity index (χ3v) is 7.86. The zero-order chi connectivity index (χ0) is 21.1. The zero-order valence-corrected chi connectivity index (χ0v) is 18.3. The number of methoxy groups -OCH3 is 1. The molecule has 0 radical (unpaired) electrons. The first-order valence-electron chi connectivity index (χ1n) is 10.9. The second-order valence-electron chi connectivity index (χ2n) is 9.84. The minimum atomic E-state index is -0.518. The molecule has 0 bridgehead atoms. The fourth-order valence-corrected chi connectivity index (χ4v) is 6.75. The summed E-state index contributed by atoms with van der Waals surface area (Å²) in [4.78, 5) is 9.44. The molecule has 5 nitrogen and oxygen atoms in total. The van der Waals surface area contributed by atoms with Crippen LogP contribution in [0.2, 0.25) is 0 Å². The van der Waals surface area contributed by atoms with Crippen LogP contribution >= 0.6 is 0 Å². The Bertz CT molecular complexity index is 1010. The topological polar surface area (TPSA) is 69.7 Å². The lowest BCUT2D eigenvalue weighted by molar-refractivity contribution is -0.0559. The SMILES string of the molecule is BC1(B)OC(N)=N[C@]12c1cc(-c3cccnc3)ccc1C[C@]21CC[C@@H](OC)[C@H](C)C1. The van der Waals surface area contributed by atoms with E-state index < -0.39 is 10.9 Å². The number of aromatic nitrogens is 1. The van der Waals surface area contributed by atoms with Crippen LogP contribution in [0.5, 0.6) is 0 Å². The van der Waals surface area contributed by atoms with Crippen LogP contribution < -0.4 is 5.73 Å². The molecule has 2 heterocycles. The molecule has 3 aliphatic rings. The number of hydrogen-bond acceptors (Lipinski definition) is 5. The molecule has 0 saturated heterocycles. The average molecular weight is 401 g/mol. The Morgan fingerprint density at radius 1 is 1.23 bits per heavy atom. The zero-order valence-electron chi connectivity index (χ0n) is 18.3. The predicted molar refractivity (Wildman–Crippen MR) is 124 cm³/mol. The van der Waals surface area contributed by atoms with Crippen molar-refractivity contribution >= 4 is 21.7 Å². The third-order valence-electron chi connectivity index (χ3n) is 7.86. The fourth-order valence-electron chi connectivity index (χ4n) is 6.75. The molecule has 2 aromatic rings. The molecule has 2 aliphatic carbocycles. The number of benzene rings is 1. The molecule has 0 unspecified atom stereocenters. The highest BCUT2D eigenvalue weighted by Gasteiger charge is 2.68. The van der Waals surface area contributed by atoms with Crippen LogP contribution in [0.1, 0.15) is 37.3 Å². The van der Waals surface area contributed by atoms with E-state index in [4.69, 9.17) is 20.2 Å². The van der Waals surface area contributed by atoms with Gasteiger partial charge in [0.25, 0.3) is 6.02 Å². The number of nitrogens with zero attached hydrogens (tertiary/aromatic N) is 2. The van der Waals surface area contributed by atoms with Gasteiger partial charge in [0, 0.05) is 24.9 Å². The molecule has 1 aromatic heterocycles. The molecule has 1 aromatic carbocycles. The summed E-state index contributed by atoms with van der Waals surface area (Å²) in [5.41, 5.74) is 10.6. The van der Waals surface area contributed by atoms with E-state index in [1.165, 1.54) is 11.1 Å². The van der Waals surface area contributed by atoms with Crippen LogP contribution in [0.4, 0.5) is 0 Å². The molecule has 2 N–H and O–H groups in total. The van der Waals surface area contributed by atoms with Crippen LogP contribution in [0.25, 0.3) is 11.1 Å².